The third-order valence-corrected chi connectivity index (χ3v) is 3.55. The average Bonchev–Trinajstić information content (AvgIpc) is 3.12. The molecule has 122 valence electrons. The van der Waals surface area contributed by atoms with Crippen molar-refractivity contribution >= 4 is 5.91 Å². The summed E-state index contributed by atoms with van der Waals surface area (Å²) in [6.07, 6.45) is 3.30. The summed E-state index contributed by atoms with van der Waals surface area (Å²) in [6, 6.07) is 14.8. The lowest BCUT2D eigenvalue weighted by molar-refractivity contribution is 0.0697. The number of aliphatic hydroxyl groups excluding tert-OH is 1. The van der Waals surface area contributed by atoms with Crippen LogP contribution in [0.25, 0.3) is 11.3 Å². The Labute approximate surface area is 139 Å². The van der Waals surface area contributed by atoms with Gasteiger partial charge in [-0.3, -0.25) is 9.78 Å². The molecule has 0 unspecified atom stereocenters. The molecule has 3 rings (SSSR count). The van der Waals surface area contributed by atoms with Crippen molar-refractivity contribution < 1.29 is 14.4 Å². The first-order chi connectivity index (χ1) is 11.8. The molecule has 1 amide bonds. The van der Waals surface area contributed by atoms with E-state index in [1.54, 1.807) is 29.4 Å². The number of rotatable bonds is 6. The van der Waals surface area contributed by atoms with Crippen molar-refractivity contribution in [1.29, 1.82) is 0 Å². The highest BCUT2D eigenvalue weighted by Gasteiger charge is 2.20. The Hall–Kier alpha value is -2.99. The van der Waals surface area contributed by atoms with Gasteiger partial charge in [0.15, 0.2) is 11.5 Å². The molecular weight excluding hydrogens is 306 g/mol. The second kappa shape index (κ2) is 7.52. The number of nitrogens with zero attached hydrogens (tertiary/aromatic N) is 3. The molecule has 1 aromatic carbocycles. The zero-order chi connectivity index (χ0) is 16.8. The van der Waals surface area contributed by atoms with Gasteiger partial charge in [0.2, 0.25) is 0 Å². The summed E-state index contributed by atoms with van der Waals surface area (Å²) in [5, 5.41) is 13.1. The van der Waals surface area contributed by atoms with Crippen LogP contribution in [-0.4, -0.2) is 39.2 Å². The molecule has 2 aromatic heterocycles. The Morgan fingerprint density at radius 2 is 2.00 bits per heavy atom. The lowest BCUT2D eigenvalue weighted by atomic mass is 10.2. The van der Waals surface area contributed by atoms with Crippen molar-refractivity contribution in [1.82, 2.24) is 15.0 Å². The van der Waals surface area contributed by atoms with E-state index in [9.17, 15) is 9.90 Å². The van der Waals surface area contributed by atoms with Crippen LogP contribution in [0.5, 0.6) is 0 Å². The highest BCUT2D eigenvalue weighted by Crippen LogP contribution is 2.20. The van der Waals surface area contributed by atoms with Gasteiger partial charge in [0.1, 0.15) is 0 Å². The number of hydrogen-bond donors (Lipinski definition) is 1. The summed E-state index contributed by atoms with van der Waals surface area (Å²) in [4.78, 5) is 18.2. The number of aromatic nitrogens is 2. The van der Waals surface area contributed by atoms with Crippen LogP contribution in [0.4, 0.5) is 0 Å². The summed E-state index contributed by atoms with van der Waals surface area (Å²) in [5.74, 6) is 0.196. The van der Waals surface area contributed by atoms with Gasteiger partial charge < -0.3 is 14.5 Å². The predicted molar refractivity (Wildman–Crippen MR) is 88.0 cm³/mol. The van der Waals surface area contributed by atoms with Crippen molar-refractivity contribution in [3.8, 4) is 11.3 Å². The monoisotopic (exact) mass is 323 g/mol. The van der Waals surface area contributed by atoms with Gasteiger partial charge in [-0.1, -0.05) is 35.5 Å². The fourth-order valence-electron chi connectivity index (χ4n) is 2.36. The molecule has 0 saturated heterocycles. The molecular formula is C18H17N3O3. The molecule has 1 N–H and O–H groups in total. The number of amides is 1. The largest absolute Gasteiger partial charge is 0.395 e. The van der Waals surface area contributed by atoms with Gasteiger partial charge >= 0.3 is 0 Å². The van der Waals surface area contributed by atoms with Crippen LogP contribution in [0.15, 0.2) is 65.4 Å². The topological polar surface area (TPSA) is 79.5 Å². The van der Waals surface area contributed by atoms with Gasteiger partial charge in [-0.15, -0.1) is 0 Å². The lowest BCUT2D eigenvalue weighted by Gasteiger charge is -2.20. The fourth-order valence-corrected chi connectivity index (χ4v) is 2.36. The van der Waals surface area contributed by atoms with E-state index in [1.165, 1.54) is 0 Å². The minimum atomic E-state index is -0.285. The third kappa shape index (κ3) is 3.67. The minimum Gasteiger partial charge on any atom is -0.395 e. The second-order valence-corrected chi connectivity index (χ2v) is 5.25. The van der Waals surface area contributed by atoms with E-state index >= 15 is 0 Å². The minimum absolute atomic E-state index is 0.119. The first kappa shape index (κ1) is 15.9. The van der Waals surface area contributed by atoms with E-state index in [0.717, 1.165) is 11.1 Å². The zero-order valence-corrected chi connectivity index (χ0v) is 13.0. The number of pyridine rings is 1. The van der Waals surface area contributed by atoms with Gasteiger partial charge in [0, 0.05) is 37.1 Å². The van der Waals surface area contributed by atoms with Crippen LogP contribution in [0.1, 0.15) is 16.1 Å². The Morgan fingerprint density at radius 1 is 1.17 bits per heavy atom. The molecule has 3 aromatic rings. The zero-order valence-electron chi connectivity index (χ0n) is 13.0. The molecule has 0 spiro atoms. The first-order valence-electron chi connectivity index (χ1n) is 7.59. The quantitative estimate of drug-likeness (QED) is 0.753. The van der Waals surface area contributed by atoms with Gasteiger partial charge in [-0.2, -0.15) is 0 Å². The summed E-state index contributed by atoms with van der Waals surface area (Å²) < 4.78 is 5.25. The van der Waals surface area contributed by atoms with E-state index in [-0.39, 0.29) is 24.8 Å². The van der Waals surface area contributed by atoms with Gasteiger partial charge in [0.05, 0.1) is 6.61 Å². The maximum atomic E-state index is 12.7. The molecule has 0 radical (unpaired) electrons. The van der Waals surface area contributed by atoms with E-state index < -0.39 is 0 Å². The van der Waals surface area contributed by atoms with Crippen LogP contribution in [0.2, 0.25) is 0 Å². The van der Waals surface area contributed by atoms with E-state index in [1.807, 2.05) is 36.4 Å². The SMILES string of the molecule is O=C(c1cc(-c2cccnc2)on1)N(CCO)Cc1ccccc1. The van der Waals surface area contributed by atoms with Gasteiger partial charge in [-0.25, -0.2) is 0 Å². The number of benzene rings is 1. The molecule has 24 heavy (non-hydrogen) atoms. The fraction of sp³-hybridized carbons (Fsp3) is 0.167. The maximum Gasteiger partial charge on any atom is 0.276 e. The molecule has 0 atom stereocenters. The molecule has 6 heteroatoms. The van der Waals surface area contributed by atoms with Crippen molar-refractivity contribution in [3.05, 3.63) is 72.2 Å². The standard InChI is InChI=1S/C18H17N3O3/c22-10-9-21(13-14-5-2-1-3-6-14)18(23)16-11-17(24-20-16)15-7-4-8-19-12-15/h1-8,11-12,22H,9-10,13H2. The Bertz CT molecular complexity index is 788. The molecule has 0 aliphatic rings. The summed E-state index contributed by atoms with van der Waals surface area (Å²) in [6.45, 7) is 0.504. The van der Waals surface area contributed by atoms with Crippen molar-refractivity contribution in [3.63, 3.8) is 0 Å². The highest BCUT2D eigenvalue weighted by atomic mass is 16.5. The molecule has 0 aliphatic heterocycles. The Balaban J connectivity index is 1.79. The second-order valence-electron chi connectivity index (χ2n) is 5.25. The molecule has 0 bridgehead atoms. The molecule has 0 aliphatic carbocycles. The average molecular weight is 323 g/mol. The smallest absolute Gasteiger partial charge is 0.276 e. The van der Waals surface area contributed by atoms with Crippen LogP contribution in [-0.2, 0) is 6.54 Å². The van der Waals surface area contributed by atoms with Crippen LogP contribution >= 0.6 is 0 Å². The van der Waals surface area contributed by atoms with E-state index in [0.29, 0.717) is 12.3 Å². The van der Waals surface area contributed by atoms with Crippen molar-refractivity contribution in [2.45, 2.75) is 6.54 Å². The molecule has 2 heterocycles. The molecule has 0 saturated carbocycles. The van der Waals surface area contributed by atoms with Crippen LogP contribution in [0, 0.1) is 0 Å². The lowest BCUT2D eigenvalue weighted by Crippen LogP contribution is -2.33. The summed E-state index contributed by atoms with van der Waals surface area (Å²) in [5.41, 5.74) is 1.94. The number of hydrogen-bond acceptors (Lipinski definition) is 5. The summed E-state index contributed by atoms with van der Waals surface area (Å²) >= 11 is 0. The van der Waals surface area contributed by atoms with Gasteiger partial charge in [0.25, 0.3) is 5.91 Å². The van der Waals surface area contributed by atoms with Crippen molar-refractivity contribution in [2.24, 2.45) is 0 Å². The molecule has 0 fully saturated rings. The van der Waals surface area contributed by atoms with Crippen molar-refractivity contribution in [2.75, 3.05) is 13.2 Å². The van der Waals surface area contributed by atoms with Crippen LogP contribution < -0.4 is 0 Å². The van der Waals surface area contributed by atoms with E-state index in [4.69, 9.17) is 4.52 Å². The highest BCUT2D eigenvalue weighted by molar-refractivity contribution is 5.93. The third-order valence-electron chi connectivity index (χ3n) is 3.55. The maximum absolute atomic E-state index is 12.7. The predicted octanol–water partition coefficient (Wildman–Crippen LogP) is 2.37. The summed E-state index contributed by atoms with van der Waals surface area (Å²) in [7, 11) is 0. The van der Waals surface area contributed by atoms with E-state index in [2.05, 4.69) is 10.1 Å². The normalized spacial score (nSPS) is 10.5. The Kier molecular flexibility index (Phi) is 4.98. The number of carbonyl (C=O) groups is 1. The van der Waals surface area contributed by atoms with Gasteiger partial charge in [-0.05, 0) is 17.7 Å². The number of aliphatic hydroxyl groups is 1. The first-order valence-corrected chi connectivity index (χ1v) is 7.59. The Morgan fingerprint density at radius 3 is 2.71 bits per heavy atom. The number of carbonyl (C=O) groups excluding carboxylic acids is 1. The molecule has 6 nitrogen and oxygen atoms in total. The van der Waals surface area contributed by atoms with Crippen LogP contribution in [0.3, 0.4) is 0 Å².